The standard InChI is InChI=1S/C26H24ClN3O4S/c1-33-19-13-11-18(12-14-19)28-26-30(16-17-7-3-4-8-20(17)27)24(31)15-23(35-26)25(32)29-21-9-5-6-10-22(21)34-2/h3-14,23H,15-16H2,1-2H3,(H,29,32). The molecule has 180 valence electrons. The van der Waals surface area contributed by atoms with Gasteiger partial charge in [-0.05, 0) is 48.0 Å². The van der Waals surface area contributed by atoms with E-state index in [1.54, 1.807) is 60.5 Å². The van der Waals surface area contributed by atoms with E-state index < -0.39 is 5.25 Å². The van der Waals surface area contributed by atoms with Crippen molar-refractivity contribution in [3.8, 4) is 11.5 Å². The lowest BCUT2D eigenvalue weighted by atomic mass is 10.2. The number of amides is 2. The van der Waals surface area contributed by atoms with Gasteiger partial charge in [0.25, 0.3) is 0 Å². The van der Waals surface area contributed by atoms with E-state index in [9.17, 15) is 9.59 Å². The fraction of sp³-hybridized carbons (Fsp3) is 0.192. The quantitative estimate of drug-likeness (QED) is 0.453. The number of carbonyl (C=O) groups excluding carboxylic acids is 2. The molecule has 0 aliphatic carbocycles. The van der Waals surface area contributed by atoms with Crippen LogP contribution in [-0.4, -0.2) is 41.4 Å². The lowest BCUT2D eigenvalue weighted by molar-refractivity contribution is -0.129. The maximum atomic E-state index is 13.3. The summed E-state index contributed by atoms with van der Waals surface area (Å²) in [4.78, 5) is 32.7. The Morgan fingerprint density at radius 1 is 1.06 bits per heavy atom. The van der Waals surface area contributed by atoms with Gasteiger partial charge < -0.3 is 14.8 Å². The van der Waals surface area contributed by atoms with Crippen molar-refractivity contribution in [2.45, 2.75) is 18.2 Å². The highest BCUT2D eigenvalue weighted by molar-refractivity contribution is 8.15. The number of halogens is 1. The molecule has 0 saturated carbocycles. The second-order valence-corrected chi connectivity index (χ2v) is 9.24. The predicted octanol–water partition coefficient (Wildman–Crippen LogP) is 5.52. The number of nitrogens with zero attached hydrogens (tertiary/aromatic N) is 2. The molecule has 1 atom stereocenters. The first kappa shape index (κ1) is 24.6. The van der Waals surface area contributed by atoms with E-state index in [4.69, 9.17) is 26.1 Å². The Hall–Kier alpha value is -3.49. The van der Waals surface area contributed by atoms with Crippen molar-refractivity contribution in [1.82, 2.24) is 4.90 Å². The van der Waals surface area contributed by atoms with Crippen molar-refractivity contribution in [3.05, 3.63) is 83.4 Å². The van der Waals surface area contributed by atoms with E-state index in [1.807, 2.05) is 24.3 Å². The molecule has 1 saturated heterocycles. The maximum absolute atomic E-state index is 13.3. The van der Waals surface area contributed by atoms with Crippen LogP contribution in [0.3, 0.4) is 0 Å². The van der Waals surface area contributed by atoms with Gasteiger partial charge in [-0.1, -0.05) is 53.7 Å². The molecule has 0 aromatic heterocycles. The first-order chi connectivity index (χ1) is 17.0. The molecular formula is C26H24ClN3O4S. The Morgan fingerprint density at radius 3 is 2.49 bits per heavy atom. The van der Waals surface area contributed by atoms with Crippen LogP contribution in [0.2, 0.25) is 5.02 Å². The van der Waals surface area contributed by atoms with Crippen molar-refractivity contribution in [1.29, 1.82) is 0 Å². The molecule has 2 amide bonds. The van der Waals surface area contributed by atoms with Gasteiger partial charge in [0.1, 0.15) is 16.7 Å². The van der Waals surface area contributed by atoms with Gasteiger partial charge in [0.2, 0.25) is 11.8 Å². The van der Waals surface area contributed by atoms with Crippen LogP contribution >= 0.6 is 23.4 Å². The van der Waals surface area contributed by atoms with Crippen LogP contribution in [0.1, 0.15) is 12.0 Å². The molecule has 4 rings (SSSR count). The Kier molecular flexibility index (Phi) is 7.94. The van der Waals surface area contributed by atoms with Crippen LogP contribution in [-0.2, 0) is 16.1 Å². The molecule has 1 heterocycles. The van der Waals surface area contributed by atoms with Crippen LogP contribution in [0, 0.1) is 0 Å². The molecule has 1 N–H and O–H groups in total. The number of hydrogen-bond acceptors (Lipinski definition) is 6. The summed E-state index contributed by atoms with van der Waals surface area (Å²) < 4.78 is 10.5. The minimum atomic E-state index is -0.660. The number of methoxy groups -OCH3 is 2. The highest BCUT2D eigenvalue weighted by atomic mass is 35.5. The van der Waals surface area contributed by atoms with Crippen LogP contribution in [0.25, 0.3) is 0 Å². The summed E-state index contributed by atoms with van der Waals surface area (Å²) in [5, 5.41) is 3.20. The highest BCUT2D eigenvalue weighted by Crippen LogP contribution is 2.33. The maximum Gasteiger partial charge on any atom is 0.238 e. The number of ether oxygens (including phenoxy) is 2. The van der Waals surface area contributed by atoms with E-state index >= 15 is 0 Å². The fourth-order valence-electron chi connectivity index (χ4n) is 3.52. The van der Waals surface area contributed by atoms with Crippen LogP contribution in [0.15, 0.2) is 77.8 Å². The number of thioether (sulfide) groups is 1. The number of hydrogen-bond donors (Lipinski definition) is 1. The predicted molar refractivity (Wildman–Crippen MR) is 140 cm³/mol. The number of rotatable bonds is 7. The lowest BCUT2D eigenvalue weighted by Crippen LogP contribution is -2.44. The number of anilines is 1. The van der Waals surface area contributed by atoms with Gasteiger partial charge in [-0.3, -0.25) is 14.5 Å². The van der Waals surface area contributed by atoms with Crippen molar-refractivity contribution in [2.24, 2.45) is 4.99 Å². The first-order valence-electron chi connectivity index (χ1n) is 10.9. The van der Waals surface area contributed by atoms with E-state index in [1.165, 1.54) is 18.9 Å². The van der Waals surface area contributed by atoms with Crippen molar-refractivity contribution >= 4 is 51.7 Å². The number of para-hydroxylation sites is 2. The summed E-state index contributed by atoms with van der Waals surface area (Å²) in [6, 6.07) is 21.7. The summed E-state index contributed by atoms with van der Waals surface area (Å²) in [6.45, 7) is 0.251. The molecule has 1 aliphatic rings. The van der Waals surface area contributed by atoms with E-state index in [0.717, 1.165) is 5.56 Å². The Bertz CT molecular complexity index is 1250. The Balaban J connectivity index is 1.62. The topological polar surface area (TPSA) is 80.2 Å². The third-order valence-electron chi connectivity index (χ3n) is 5.38. The van der Waals surface area contributed by atoms with Gasteiger partial charge in [-0.15, -0.1) is 0 Å². The van der Waals surface area contributed by atoms with Gasteiger partial charge >= 0.3 is 0 Å². The zero-order valence-electron chi connectivity index (χ0n) is 19.2. The fourth-order valence-corrected chi connectivity index (χ4v) is 4.82. The normalized spacial score (nSPS) is 16.8. The third-order valence-corrected chi connectivity index (χ3v) is 6.94. The number of carbonyl (C=O) groups is 2. The first-order valence-corrected chi connectivity index (χ1v) is 12.1. The molecule has 1 fully saturated rings. The second-order valence-electron chi connectivity index (χ2n) is 7.66. The Morgan fingerprint density at radius 2 is 1.77 bits per heavy atom. The van der Waals surface area contributed by atoms with E-state index in [2.05, 4.69) is 5.32 Å². The van der Waals surface area contributed by atoms with Gasteiger partial charge in [-0.2, -0.15) is 0 Å². The average Bonchev–Trinajstić information content (AvgIpc) is 2.87. The van der Waals surface area contributed by atoms with E-state index in [-0.39, 0.29) is 24.8 Å². The van der Waals surface area contributed by atoms with E-state index in [0.29, 0.717) is 33.1 Å². The van der Waals surface area contributed by atoms with Crippen LogP contribution in [0.5, 0.6) is 11.5 Å². The Labute approximate surface area is 213 Å². The number of amidine groups is 1. The molecular weight excluding hydrogens is 486 g/mol. The summed E-state index contributed by atoms with van der Waals surface area (Å²) in [5.41, 5.74) is 1.97. The molecule has 9 heteroatoms. The largest absolute Gasteiger partial charge is 0.497 e. The monoisotopic (exact) mass is 509 g/mol. The molecule has 0 bridgehead atoms. The number of nitrogens with one attached hydrogen (secondary N) is 1. The molecule has 7 nitrogen and oxygen atoms in total. The van der Waals surface area contributed by atoms with Gasteiger partial charge in [0.15, 0.2) is 5.17 Å². The summed E-state index contributed by atoms with van der Waals surface area (Å²) >= 11 is 7.60. The molecule has 1 unspecified atom stereocenters. The SMILES string of the molecule is COc1ccc(N=C2SC(C(=O)Nc3ccccc3OC)CC(=O)N2Cc2ccccc2Cl)cc1. The minimum absolute atomic E-state index is 0.0255. The molecule has 0 radical (unpaired) electrons. The average molecular weight is 510 g/mol. The molecule has 0 spiro atoms. The summed E-state index contributed by atoms with van der Waals surface area (Å²) in [5.74, 6) is 0.729. The minimum Gasteiger partial charge on any atom is -0.497 e. The van der Waals surface area contributed by atoms with Crippen molar-refractivity contribution < 1.29 is 19.1 Å². The van der Waals surface area contributed by atoms with Crippen molar-refractivity contribution in [2.75, 3.05) is 19.5 Å². The van der Waals surface area contributed by atoms with Crippen LogP contribution < -0.4 is 14.8 Å². The van der Waals surface area contributed by atoms with Crippen LogP contribution in [0.4, 0.5) is 11.4 Å². The smallest absolute Gasteiger partial charge is 0.238 e. The molecule has 1 aliphatic heterocycles. The second kappa shape index (κ2) is 11.3. The zero-order valence-corrected chi connectivity index (χ0v) is 20.8. The highest BCUT2D eigenvalue weighted by Gasteiger charge is 2.36. The summed E-state index contributed by atoms with van der Waals surface area (Å²) in [6.07, 6.45) is 0.0255. The van der Waals surface area contributed by atoms with Gasteiger partial charge in [0.05, 0.1) is 32.1 Å². The zero-order chi connectivity index (χ0) is 24.8. The van der Waals surface area contributed by atoms with Crippen molar-refractivity contribution in [3.63, 3.8) is 0 Å². The summed E-state index contributed by atoms with van der Waals surface area (Å²) in [7, 11) is 3.13. The number of aliphatic imine (C=N–C) groups is 1. The molecule has 35 heavy (non-hydrogen) atoms. The molecule has 3 aromatic rings. The molecule has 3 aromatic carbocycles. The third kappa shape index (κ3) is 5.96. The van der Waals surface area contributed by atoms with Gasteiger partial charge in [-0.25, -0.2) is 4.99 Å². The van der Waals surface area contributed by atoms with Gasteiger partial charge in [0, 0.05) is 11.4 Å². The lowest BCUT2D eigenvalue weighted by Gasteiger charge is -2.32. The number of benzene rings is 3.